The van der Waals surface area contributed by atoms with Gasteiger partial charge in [-0.3, -0.25) is 0 Å². The number of hydrogen-bond acceptors (Lipinski definition) is 2. The molecule has 0 spiro atoms. The molecular weight excluding hydrogens is 202 g/mol. The van der Waals surface area contributed by atoms with E-state index in [4.69, 9.17) is 0 Å². The second-order valence-corrected chi connectivity index (χ2v) is 6.78. The molecule has 1 unspecified atom stereocenters. The molecule has 1 aliphatic carbocycles. The first-order chi connectivity index (χ1) is 7.08. The molecule has 1 saturated carbocycles. The highest BCUT2D eigenvalue weighted by Gasteiger charge is 2.32. The highest BCUT2D eigenvalue weighted by atomic mass is 32.2. The molecule has 1 fully saturated rings. The van der Waals surface area contributed by atoms with Crippen molar-refractivity contribution >= 4 is 11.8 Å². The molecule has 1 rings (SSSR count). The first kappa shape index (κ1) is 13.4. The number of rotatable bonds is 6. The van der Waals surface area contributed by atoms with E-state index in [-0.39, 0.29) is 0 Å². The minimum atomic E-state index is 0.561. The molecule has 15 heavy (non-hydrogen) atoms. The molecule has 0 aliphatic heterocycles. The average Bonchev–Trinajstić information content (AvgIpc) is 2.63. The predicted molar refractivity (Wildman–Crippen MR) is 71.6 cm³/mol. The third-order valence-electron chi connectivity index (χ3n) is 3.55. The number of thioether (sulfide) groups is 1. The molecule has 1 N–H and O–H groups in total. The number of nitrogens with one attached hydrogen (secondary N) is 1. The maximum absolute atomic E-state index is 3.73. The van der Waals surface area contributed by atoms with Crippen LogP contribution in [0.2, 0.25) is 0 Å². The monoisotopic (exact) mass is 229 g/mol. The summed E-state index contributed by atoms with van der Waals surface area (Å²) < 4.78 is 0.561. The standard InChI is InChI=1S/C13H27NS/c1-11(2)9-12(3)14-10-13(15-4)7-5-6-8-13/h11-12,14H,5-10H2,1-4H3. The zero-order valence-electron chi connectivity index (χ0n) is 10.8. The lowest BCUT2D eigenvalue weighted by Crippen LogP contribution is -2.40. The van der Waals surface area contributed by atoms with Crippen LogP contribution in [0.4, 0.5) is 0 Å². The van der Waals surface area contributed by atoms with Crippen molar-refractivity contribution in [3.63, 3.8) is 0 Å². The van der Waals surface area contributed by atoms with Gasteiger partial charge in [0.2, 0.25) is 0 Å². The van der Waals surface area contributed by atoms with Crippen LogP contribution in [-0.4, -0.2) is 23.6 Å². The molecule has 0 aromatic carbocycles. The van der Waals surface area contributed by atoms with Gasteiger partial charge in [0.15, 0.2) is 0 Å². The largest absolute Gasteiger partial charge is 0.313 e. The summed E-state index contributed by atoms with van der Waals surface area (Å²) in [7, 11) is 0. The maximum Gasteiger partial charge on any atom is 0.0281 e. The van der Waals surface area contributed by atoms with E-state index in [1.54, 1.807) is 0 Å². The lowest BCUT2D eigenvalue weighted by atomic mass is 10.0. The Hall–Kier alpha value is 0.310. The second kappa shape index (κ2) is 6.15. The Morgan fingerprint density at radius 3 is 2.27 bits per heavy atom. The molecule has 2 heteroatoms. The molecule has 0 saturated heterocycles. The van der Waals surface area contributed by atoms with E-state index >= 15 is 0 Å². The third kappa shape index (κ3) is 4.36. The van der Waals surface area contributed by atoms with Crippen LogP contribution < -0.4 is 5.32 Å². The van der Waals surface area contributed by atoms with Crippen molar-refractivity contribution in [1.82, 2.24) is 5.32 Å². The molecule has 0 amide bonds. The molecule has 1 atom stereocenters. The quantitative estimate of drug-likeness (QED) is 0.745. The van der Waals surface area contributed by atoms with Gasteiger partial charge in [0.25, 0.3) is 0 Å². The van der Waals surface area contributed by atoms with E-state index in [0.29, 0.717) is 10.8 Å². The highest BCUT2D eigenvalue weighted by Crippen LogP contribution is 2.39. The summed E-state index contributed by atoms with van der Waals surface area (Å²) in [6, 6.07) is 0.676. The smallest absolute Gasteiger partial charge is 0.0281 e. The fourth-order valence-electron chi connectivity index (χ4n) is 2.62. The molecule has 0 bridgehead atoms. The van der Waals surface area contributed by atoms with Crippen LogP contribution in [0.1, 0.15) is 52.9 Å². The highest BCUT2D eigenvalue weighted by molar-refractivity contribution is 8.00. The zero-order valence-corrected chi connectivity index (χ0v) is 11.6. The SMILES string of the molecule is CSC1(CNC(C)CC(C)C)CCCC1. The van der Waals surface area contributed by atoms with Crippen molar-refractivity contribution in [2.75, 3.05) is 12.8 Å². The van der Waals surface area contributed by atoms with Crippen molar-refractivity contribution in [3.05, 3.63) is 0 Å². The molecule has 0 radical (unpaired) electrons. The van der Waals surface area contributed by atoms with Crippen molar-refractivity contribution in [3.8, 4) is 0 Å². The van der Waals surface area contributed by atoms with Gasteiger partial charge in [-0.1, -0.05) is 26.7 Å². The summed E-state index contributed by atoms with van der Waals surface area (Å²) >= 11 is 2.08. The van der Waals surface area contributed by atoms with Gasteiger partial charge in [0.05, 0.1) is 0 Å². The van der Waals surface area contributed by atoms with Gasteiger partial charge in [-0.05, 0) is 38.4 Å². The first-order valence-electron chi connectivity index (χ1n) is 6.36. The van der Waals surface area contributed by atoms with Crippen LogP contribution in [0.3, 0.4) is 0 Å². The van der Waals surface area contributed by atoms with Gasteiger partial charge < -0.3 is 5.32 Å². The van der Waals surface area contributed by atoms with Gasteiger partial charge in [0.1, 0.15) is 0 Å². The summed E-state index contributed by atoms with van der Waals surface area (Å²) in [6.45, 7) is 8.14. The lowest BCUT2D eigenvalue weighted by molar-refractivity contribution is 0.415. The summed E-state index contributed by atoms with van der Waals surface area (Å²) in [4.78, 5) is 0. The zero-order chi connectivity index (χ0) is 11.3. The Morgan fingerprint density at radius 1 is 1.20 bits per heavy atom. The van der Waals surface area contributed by atoms with Crippen LogP contribution in [0.5, 0.6) is 0 Å². The Bertz CT molecular complexity index is 173. The predicted octanol–water partition coefficient (Wildman–Crippen LogP) is 3.69. The number of hydrogen-bond donors (Lipinski definition) is 1. The van der Waals surface area contributed by atoms with E-state index in [1.165, 1.54) is 38.6 Å². The van der Waals surface area contributed by atoms with E-state index in [2.05, 4.69) is 44.1 Å². The fraction of sp³-hybridized carbons (Fsp3) is 1.00. The Balaban J connectivity index is 2.28. The molecule has 1 nitrogen and oxygen atoms in total. The molecule has 90 valence electrons. The van der Waals surface area contributed by atoms with Crippen molar-refractivity contribution in [2.45, 2.75) is 63.7 Å². The Labute approximate surface area is 99.8 Å². The van der Waals surface area contributed by atoms with Crippen LogP contribution in [0.15, 0.2) is 0 Å². The van der Waals surface area contributed by atoms with Gasteiger partial charge in [-0.25, -0.2) is 0 Å². The minimum Gasteiger partial charge on any atom is -0.313 e. The Kier molecular flexibility index (Phi) is 5.48. The molecule has 1 aliphatic rings. The Morgan fingerprint density at radius 2 is 1.80 bits per heavy atom. The lowest BCUT2D eigenvalue weighted by Gasteiger charge is -2.29. The van der Waals surface area contributed by atoms with Gasteiger partial charge in [-0.15, -0.1) is 0 Å². The summed E-state index contributed by atoms with van der Waals surface area (Å²) in [6.07, 6.45) is 9.26. The van der Waals surface area contributed by atoms with Crippen molar-refractivity contribution in [1.29, 1.82) is 0 Å². The topological polar surface area (TPSA) is 12.0 Å². The molecule has 0 aromatic rings. The van der Waals surface area contributed by atoms with Gasteiger partial charge >= 0.3 is 0 Å². The maximum atomic E-state index is 3.73. The first-order valence-corrected chi connectivity index (χ1v) is 7.59. The van der Waals surface area contributed by atoms with Crippen LogP contribution in [0, 0.1) is 5.92 Å². The average molecular weight is 229 g/mol. The molecule has 0 heterocycles. The van der Waals surface area contributed by atoms with Crippen LogP contribution in [0.25, 0.3) is 0 Å². The van der Waals surface area contributed by atoms with E-state index in [9.17, 15) is 0 Å². The minimum absolute atomic E-state index is 0.561. The van der Waals surface area contributed by atoms with E-state index in [1.807, 2.05) is 0 Å². The second-order valence-electron chi connectivity index (χ2n) is 5.51. The van der Waals surface area contributed by atoms with Crippen LogP contribution in [-0.2, 0) is 0 Å². The van der Waals surface area contributed by atoms with Crippen LogP contribution >= 0.6 is 11.8 Å². The van der Waals surface area contributed by atoms with Crippen molar-refractivity contribution in [2.24, 2.45) is 5.92 Å². The molecule has 0 aromatic heterocycles. The fourth-order valence-corrected chi connectivity index (χ4v) is 3.55. The van der Waals surface area contributed by atoms with E-state index in [0.717, 1.165) is 5.92 Å². The normalized spacial score (nSPS) is 22.2. The summed E-state index contributed by atoms with van der Waals surface area (Å²) in [5, 5.41) is 3.73. The summed E-state index contributed by atoms with van der Waals surface area (Å²) in [5.74, 6) is 0.807. The van der Waals surface area contributed by atoms with Gasteiger partial charge in [0, 0.05) is 17.3 Å². The van der Waals surface area contributed by atoms with Gasteiger partial charge in [-0.2, -0.15) is 11.8 Å². The van der Waals surface area contributed by atoms with E-state index < -0.39 is 0 Å². The summed E-state index contributed by atoms with van der Waals surface area (Å²) in [5.41, 5.74) is 0. The van der Waals surface area contributed by atoms with Crippen molar-refractivity contribution < 1.29 is 0 Å². The molecular formula is C13H27NS. The third-order valence-corrected chi connectivity index (χ3v) is 4.96.